The van der Waals surface area contributed by atoms with E-state index in [0.717, 1.165) is 12.8 Å². The third-order valence-electron chi connectivity index (χ3n) is 3.42. The second-order valence-corrected chi connectivity index (χ2v) is 9.49. The molecule has 0 aromatic rings. The Morgan fingerprint density at radius 2 is 1.94 bits per heavy atom. The highest BCUT2D eigenvalue weighted by Crippen LogP contribution is 2.26. The molecule has 2 aliphatic rings. The molecule has 0 radical (unpaired) electrons. The van der Waals surface area contributed by atoms with Crippen LogP contribution in [0.4, 0.5) is 0 Å². The second-order valence-electron chi connectivity index (χ2n) is 5.35. The van der Waals surface area contributed by atoms with Gasteiger partial charge in [-0.25, -0.2) is 4.21 Å². The van der Waals surface area contributed by atoms with Crippen LogP contribution >= 0.6 is 0 Å². The molecule has 2 rings (SSSR count). The average Bonchev–Trinajstić information content (AvgIpc) is 2.73. The Balaban J connectivity index is 2.16. The predicted molar refractivity (Wildman–Crippen MR) is 70.0 cm³/mol. The predicted octanol–water partition coefficient (Wildman–Crippen LogP) is 0.650. The van der Waals surface area contributed by atoms with Crippen LogP contribution in [-0.2, 0) is 24.7 Å². The van der Waals surface area contributed by atoms with E-state index < -0.39 is 25.5 Å². The first-order valence-corrected chi connectivity index (χ1v) is 9.42. The van der Waals surface area contributed by atoms with E-state index in [9.17, 15) is 12.6 Å². The summed E-state index contributed by atoms with van der Waals surface area (Å²) in [7, 11) is -6.42. The maximum Gasteiger partial charge on any atom is 0.327 e. The molecule has 106 valence electrons. The largest absolute Gasteiger partial charge is 0.374 e. The first-order valence-electron chi connectivity index (χ1n) is 6.13. The Hall–Kier alpha value is -0.180. The van der Waals surface area contributed by atoms with E-state index >= 15 is 0 Å². The van der Waals surface area contributed by atoms with E-state index in [1.54, 1.807) is 0 Å². The Bertz CT molecular complexity index is 520. The fraction of sp³-hybridized carbons (Fsp3) is 1.00. The number of rotatable bonds is 3. The highest BCUT2D eigenvalue weighted by atomic mass is 32.3. The van der Waals surface area contributed by atoms with Crippen molar-refractivity contribution in [2.24, 2.45) is 3.77 Å². The summed E-state index contributed by atoms with van der Waals surface area (Å²) >= 11 is 0. The average molecular weight is 296 g/mol. The summed E-state index contributed by atoms with van der Waals surface area (Å²) < 4.78 is 47.5. The minimum atomic E-state index is -3.86. The maximum absolute atomic E-state index is 12.1. The molecule has 1 N–H and O–H groups in total. The minimum Gasteiger partial charge on any atom is -0.374 e. The fourth-order valence-electron chi connectivity index (χ4n) is 2.30. The van der Waals surface area contributed by atoms with Crippen molar-refractivity contribution in [3.05, 3.63) is 0 Å². The van der Waals surface area contributed by atoms with Crippen LogP contribution in [0.5, 0.6) is 0 Å². The van der Waals surface area contributed by atoms with E-state index in [2.05, 4.69) is 8.49 Å². The molecule has 0 bridgehead atoms. The van der Waals surface area contributed by atoms with Gasteiger partial charge >= 0.3 is 10.2 Å². The molecule has 18 heavy (non-hydrogen) atoms. The van der Waals surface area contributed by atoms with Crippen LogP contribution in [0.3, 0.4) is 0 Å². The Morgan fingerprint density at radius 3 is 2.44 bits per heavy atom. The summed E-state index contributed by atoms with van der Waals surface area (Å²) in [6, 6.07) is -0.310. The molecular weight excluding hydrogens is 276 g/mol. The minimum absolute atomic E-state index is 0.310. The number of nitrogens with zero attached hydrogens (tertiary/aromatic N) is 1. The van der Waals surface area contributed by atoms with Crippen LogP contribution in [0, 0.1) is 0 Å². The van der Waals surface area contributed by atoms with Crippen molar-refractivity contribution in [2.45, 2.75) is 44.8 Å². The van der Waals surface area contributed by atoms with Gasteiger partial charge in [0.05, 0.1) is 21.4 Å². The molecule has 0 aromatic heterocycles. The summed E-state index contributed by atoms with van der Waals surface area (Å²) in [5.74, 6) is 0.775. The van der Waals surface area contributed by atoms with Gasteiger partial charge in [-0.3, -0.25) is 0 Å². The van der Waals surface area contributed by atoms with Gasteiger partial charge in [0.2, 0.25) is 0 Å². The molecule has 0 saturated carbocycles. The SMILES string of the molecule is CC1(C)OCCC1NS(=O)(=O)N=S1(=O)CCCC1. The van der Waals surface area contributed by atoms with Gasteiger partial charge in [-0.05, 0) is 33.1 Å². The molecule has 2 saturated heterocycles. The number of hydrogen-bond donors (Lipinski definition) is 1. The summed E-state index contributed by atoms with van der Waals surface area (Å²) in [4.78, 5) is 0. The number of nitrogens with one attached hydrogen (secondary N) is 1. The first kappa shape index (κ1) is 14.2. The maximum atomic E-state index is 12.1. The van der Waals surface area contributed by atoms with Gasteiger partial charge < -0.3 is 4.74 Å². The van der Waals surface area contributed by atoms with Gasteiger partial charge in [0.25, 0.3) is 0 Å². The van der Waals surface area contributed by atoms with Crippen molar-refractivity contribution >= 4 is 19.9 Å². The van der Waals surface area contributed by atoms with Crippen molar-refractivity contribution in [3.63, 3.8) is 0 Å². The lowest BCUT2D eigenvalue weighted by atomic mass is 10.0. The topological polar surface area (TPSA) is 84.8 Å². The lowest BCUT2D eigenvalue weighted by Crippen LogP contribution is -2.45. The van der Waals surface area contributed by atoms with Crippen molar-refractivity contribution in [1.82, 2.24) is 4.72 Å². The van der Waals surface area contributed by atoms with Crippen molar-refractivity contribution in [1.29, 1.82) is 0 Å². The highest BCUT2D eigenvalue weighted by Gasteiger charge is 2.38. The summed E-state index contributed by atoms with van der Waals surface area (Å²) in [6.07, 6.45) is 2.19. The van der Waals surface area contributed by atoms with E-state index in [4.69, 9.17) is 4.74 Å². The lowest BCUT2D eigenvalue weighted by Gasteiger charge is -2.25. The fourth-order valence-corrected chi connectivity index (χ4v) is 6.78. The van der Waals surface area contributed by atoms with Gasteiger partial charge in [0, 0.05) is 18.1 Å². The van der Waals surface area contributed by atoms with Crippen molar-refractivity contribution in [3.8, 4) is 0 Å². The van der Waals surface area contributed by atoms with E-state index in [1.165, 1.54) is 0 Å². The van der Waals surface area contributed by atoms with Crippen LogP contribution in [0.25, 0.3) is 0 Å². The molecule has 2 heterocycles. The molecule has 0 aliphatic carbocycles. The third kappa shape index (κ3) is 3.23. The monoisotopic (exact) mass is 296 g/mol. The van der Waals surface area contributed by atoms with Gasteiger partial charge in [-0.15, -0.1) is 0 Å². The molecule has 8 heteroatoms. The molecule has 2 aliphatic heterocycles. The normalized spacial score (nSPS) is 30.4. The van der Waals surface area contributed by atoms with Gasteiger partial charge in [-0.2, -0.15) is 13.1 Å². The van der Waals surface area contributed by atoms with Crippen molar-refractivity contribution < 1.29 is 17.4 Å². The molecule has 1 unspecified atom stereocenters. The quantitative estimate of drug-likeness (QED) is 0.828. The summed E-state index contributed by atoms with van der Waals surface area (Å²) in [5.41, 5.74) is -0.538. The van der Waals surface area contributed by atoms with Crippen molar-refractivity contribution in [2.75, 3.05) is 18.1 Å². The Kier molecular flexibility index (Phi) is 3.74. The van der Waals surface area contributed by atoms with Gasteiger partial charge in [0.15, 0.2) is 0 Å². The first-order chi connectivity index (χ1) is 8.23. The number of hydrogen-bond acceptors (Lipinski definition) is 4. The van der Waals surface area contributed by atoms with Gasteiger partial charge in [0.1, 0.15) is 0 Å². The molecule has 0 spiro atoms. The third-order valence-corrected chi connectivity index (χ3v) is 7.73. The highest BCUT2D eigenvalue weighted by molar-refractivity contribution is 8.02. The van der Waals surface area contributed by atoms with E-state index in [0.29, 0.717) is 24.5 Å². The smallest absolute Gasteiger partial charge is 0.327 e. The second kappa shape index (κ2) is 4.73. The van der Waals surface area contributed by atoms with E-state index in [-0.39, 0.29) is 6.04 Å². The van der Waals surface area contributed by atoms with Crippen LogP contribution in [0.15, 0.2) is 3.77 Å². The zero-order chi connectivity index (χ0) is 13.4. The molecular formula is C10H20N2O4S2. The van der Waals surface area contributed by atoms with Gasteiger partial charge in [-0.1, -0.05) is 3.77 Å². The van der Waals surface area contributed by atoms with Crippen LogP contribution in [0.2, 0.25) is 0 Å². The molecule has 0 amide bonds. The van der Waals surface area contributed by atoms with Crippen LogP contribution in [-0.4, -0.2) is 42.4 Å². The summed E-state index contributed by atoms with van der Waals surface area (Å²) in [6.45, 7) is 4.20. The number of ether oxygens (including phenoxy) is 1. The lowest BCUT2D eigenvalue weighted by molar-refractivity contribution is 0.0256. The molecule has 2 fully saturated rings. The molecule has 1 atom stereocenters. The Labute approximate surface area is 109 Å². The van der Waals surface area contributed by atoms with E-state index in [1.807, 2.05) is 13.8 Å². The van der Waals surface area contributed by atoms with Crippen LogP contribution < -0.4 is 4.72 Å². The zero-order valence-corrected chi connectivity index (χ0v) is 12.3. The Morgan fingerprint density at radius 1 is 1.33 bits per heavy atom. The molecule has 6 nitrogen and oxygen atoms in total. The summed E-state index contributed by atoms with van der Waals surface area (Å²) in [5, 5.41) is 0. The molecule has 0 aromatic carbocycles. The van der Waals surface area contributed by atoms with Crippen LogP contribution in [0.1, 0.15) is 33.1 Å². The zero-order valence-electron chi connectivity index (χ0n) is 10.7. The standard InChI is InChI=1S/C10H20N2O4S2/c1-10(2)9(5-6-16-10)11-18(14,15)12-17(13)7-3-4-8-17/h9,11H,3-8H2,1-2H3.